The largest absolute Gasteiger partial charge is 0.0945 e. The first-order valence-corrected chi connectivity index (χ1v) is 4.93. The Balaban J connectivity index is 2.66. The molecule has 0 N–H and O–H groups in total. The van der Waals surface area contributed by atoms with Crippen molar-refractivity contribution < 1.29 is 0 Å². The molecule has 0 heterocycles. The first kappa shape index (κ1) is 9.86. The summed E-state index contributed by atoms with van der Waals surface area (Å²) in [6.07, 6.45) is 2.30. The van der Waals surface area contributed by atoms with Gasteiger partial charge in [-0.1, -0.05) is 43.9 Å². The Labute approximate surface area is 81.0 Å². The first-order chi connectivity index (χ1) is 6.36. The van der Waals surface area contributed by atoms with Crippen LogP contribution in [0.4, 0.5) is 0 Å². The minimum Gasteiger partial charge on any atom is -0.0945 e. The van der Waals surface area contributed by atoms with Gasteiger partial charge in [-0.3, -0.25) is 0 Å². The smallest absolute Gasteiger partial charge is 0.0245 e. The summed E-state index contributed by atoms with van der Waals surface area (Å²) >= 11 is 0. The predicted molar refractivity (Wildman–Crippen MR) is 57.4 cm³/mol. The molecule has 0 saturated carbocycles. The molecule has 0 atom stereocenters. The second kappa shape index (κ2) is 5.43. The van der Waals surface area contributed by atoms with Crippen molar-refractivity contribution in [3.63, 3.8) is 0 Å². The molecular weight excluding hydrogens is 156 g/mol. The number of benzene rings is 1. The second-order valence-corrected chi connectivity index (χ2v) is 3.15. The lowest BCUT2D eigenvalue weighted by atomic mass is 10.0. The summed E-state index contributed by atoms with van der Waals surface area (Å²) < 4.78 is 0. The van der Waals surface area contributed by atoms with Crippen LogP contribution in [0.5, 0.6) is 0 Å². The van der Waals surface area contributed by atoms with Crippen LogP contribution in [-0.4, -0.2) is 0 Å². The molecule has 0 aliphatic rings. The highest BCUT2D eigenvalue weighted by Crippen LogP contribution is 2.05. The molecule has 0 saturated heterocycles. The van der Waals surface area contributed by atoms with Crippen molar-refractivity contribution in [2.75, 3.05) is 0 Å². The summed E-state index contributed by atoms with van der Waals surface area (Å²) in [5, 5.41) is 0. The van der Waals surface area contributed by atoms with Gasteiger partial charge in [0.15, 0.2) is 0 Å². The number of hydrogen-bond acceptors (Lipinski definition) is 0. The molecule has 0 radical (unpaired) electrons. The standard InChI is InChI=1S/C13H16/c1-3-12(4-2)10-11-13-8-6-5-7-9-13/h5-9,12H,3-4H2,1-2H3. The van der Waals surface area contributed by atoms with Crippen molar-refractivity contribution in [1.29, 1.82) is 0 Å². The molecule has 0 bridgehead atoms. The average Bonchev–Trinajstić information content (AvgIpc) is 2.21. The fourth-order valence-corrected chi connectivity index (χ4v) is 1.20. The third-order valence-corrected chi connectivity index (χ3v) is 2.18. The highest BCUT2D eigenvalue weighted by Gasteiger charge is 1.95. The molecule has 1 aromatic rings. The van der Waals surface area contributed by atoms with E-state index in [-0.39, 0.29) is 0 Å². The molecule has 0 unspecified atom stereocenters. The van der Waals surface area contributed by atoms with Gasteiger partial charge in [-0.25, -0.2) is 0 Å². The van der Waals surface area contributed by atoms with Crippen molar-refractivity contribution >= 4 is 0 Å². The highest BCUT2D eigenvalue weighted by molar-refractivity contribution is 5.33. The van der Waals surface area contributed by atoms with Crippen LogP contribution in [0.15, 0.2) is 30.3 Å². The average molecular weight is 172 g/mol. The lowest BCUT2D eigenvalue weighted by Crippen LogP contribution is -1.90. The van der Waals surface area contributed by atoms with Gasteiger partial charge in [0.1, 0.15) is 0 Å². The Bertz CT molecular complexity index is 283. The second-order valence-electron chi connectivity index (χ2n) is 3.15. The summed E-state index contributed by atoms with van der Waals surface area (Å²) in [6.45, 7) is 4.38. The van der Waals surface area contributed by atoms with Gasteiger partial charge < -0.3 is 0 Å². The Morgan fingerprint density at radius 1 is 1.08 bits per heavy atom. The van der Waals surface area contributed by atoms with Gasteiger partial charge in [-0.2, -0.15) is 0 Å². The van der Waals surface area contributed by atoms with Crippen LogP contribution < -0.4 is 0 Å². The lowest BCUT2D eigenvalue weighted by Gasteiger charge is -2.00. The molecule has 0 aromatic heterocycles. The van der Waals surface area contributed by atoms with Gasteiger partial charge in [0.05, 0.1) is 0 Å². The van der Waals surface area contributed by atoms with Crippen molar-refractivity contribution in [3.8, 4) is 11.8 Å². The zero-order valence-electron chi connectivity index (χ0n) is 8.38. The van der Waals surface area contributed by atoms with Crippen LogP contribution in [0.2, 0.25) is 0 Å². The summed E-state index contributed by atoms with van der Waals surface area (Å²) in [7, 11) is 0. The van der Waals surface area contributed by atoms with E-state index in [2.05, 4.69) is 37.8 Å². The zero-order valence-corrected chi connectivity index (χ0v) is 8.38. The normalized spacial score (nSPS) is 9.46. The van der Waals surface area contributed by atoms with Crippen molar-refractivity contribution in [2.24, 2.45) is 5.92 Å². The van der Waals surface area contributed by atoms with Crippen molar-refractivity contribution in [3.05, 3.63) is 35.9 Å². The molecule has 13 heavy (non-hydrogen) atoms. The van der Waals surface area contributed by atoms with Gasteiger partial charge in [0.2, 0.25) is 0 Å². The SMILES string of the molecule is CCC(C#Cc1ccccc1)CC. The van der Waals surface area contributed by atoms with Gasteiger partial charge in [-0.15, -0.1) is 0 Å². The highest BCUT2D eigenvalue weighted by atomic mass is 14.0. The topological polar surface area (TPSA) is 0 Å². The quantitative estimate of drug-likeness (QED) is 0.599. The predicted octanol–water partition coefficient (Wildman–Crippen LogP) is 3.47. The maximum absolute atomic E-state index is 3.29. The van der Waals surface area contributed by atoms with Crippen molar-refractivity contribution in [1.82, 2.24) is 0 Å². The Morgan fingerprint density at radius 3 is 2.23 bits per heavy atom. The van der Waals surface area contributed by atoms with Crippen LogP contribution in [0.25, 0.3) is 0 Å². The van der Waals surface area contributed by atoms with Gasteiger partial charge >= 0.3 is 0 Å². The summed E-state index contributed by atoms with van der Waals surface area (Å²) in [5.41, 5.74) is 1.12. The van der Waals surface area contributed by atoms with Gasteiger partial charge in [0, 0.05) is 11.5 Å². The van der Waals surface area contributed by atoms with E-state index in [1.807, 2.05) is 18.2 Å². The van der Waals surface area contributed by atoms with Crippen molar-refractivity contribution in [2.45, 2.75) is 26.7 Å². The van der Waals surface area contributed by atoms with E-state index in [0.717, 1.165) is 18.4 Å². The summed E-state index contributed by atoms with van der Waals surface area (Å²) in [4.78, 5) is 0. The molecule has 0 amide bonds. The van der Waals surface area contributed by atoms with E-state index in [1.165, 1.54) is 0 Å². The molecular formula is C13H16. The molecule has 0 nitrogen and oxygen atoms in total. The van der Waals surface area contributed by atoms with E-state index in [1.54, 1.807) is 0 Å². The molecule has 0 aliphatic heterocycles. The van der Waals surface area contributed by atoms with E-state index in [0.29, 0.717) is 5.92 Å². The third kappa shape index (κ3) is 3.34. The summed E-state index contributed by atoms with van der Waals surface area (Å²) in [6, 6.07) is 10.2. The van der Waals surface area contributed by atoms with Crippen LogP contribution >= 0.6 is 0 Å². The van der Waals surface area contributed by atoms with E-state index in [9.17, 15) is 0 Å². The minimum atomic E-state index is 0.556. The maximum atomic E-state index is 3.29. The Morgan fingerprint density at radius 2 is 1.69 bits per heavy atom. The van der Waals surface area contributed by atoms with Gasteiger partial charge in [-0.05, 0) is 25.0 Å². The molecule has 0 heteroatoms. The molecule has 68 valence electrons. The van der Waals surface area contributed by atoms with E-state index >= 15 is 0 Å². The fraction of sp³-hybridized carbons (Fsp3) is 0.385. The number of hydrogen-bond donors (Lipinski definition) is 0. The first-order valence-electron chi connectivity index (χ1n) is 4.93. The van der Waals surface area contributed by atoms with Gasteiger partial charge in [0.25, 0.3) is 0 Å². The van der Waals surface area contributed by atoms with Crippen LogP contribution in [0.1, 0.15) is 32.3 Å². The molecule has 1 aromatic carbocycles. The van der Waals surface area contributed by atoms with Crippen LogP contribution in [0.3, 0.4) is 0 Å². The maximum Gasteiger partial charge on any atom is 0.0245 e. The monoisotopic (exact) mass is 172 g/mol. The van der Waals surface area contributed by atoms with Crippen LogP contribution in [-0.2, 0) is 0 Å². The van der Waals surface area contributed by atoms with E-state index in [4.69, 9.17) is 0 Å². The Hall–Kier alpha value is -1.22. The summed E-state index contributed by atoms with van der Waals surface area (Å²) in [5.74, 6) is 7.04. The minimum absolute atomic E-state index is 0.556. The van der Waals surface area contributed by atoms with Crippen LogP contribution in [0, 0.1) is 17.8 Å². The molecule has 0 spiro atoms. The Kier molecular flexibility index (Phi) is 4.12. The zero-order chi connectivity index (χ0) is 9.52. The lowest BCUT2D eigenvalue weighted by molar-refractivity contribution is 0.627. The molecule has 0 fully saturated rings. The third-order valence-electron chi connectivity index (χ3n) is 2.18. The molecule has 1 rings (SSSR count). The number of rotatable bonds is 2. The van der Waals surface area contributed by atoms with E-state index < -0.39 is 0 Å². The fourth-order valence-electron chi connectivity index (χ4n) is 1.20. The molecule has 0 aliphatic carbocycles.